The molecule has 0 bridgehead atoms. The van der Waals surface area contributed by atoms with Gasteiger partial charge in [0.25, 0.3) is 0 Å². The number of rotatable bonds is 12. The van der Waals surface area contributed by atoms with Crippen LogP contribution in [0.2, 0.25) is 0 Å². The van der Waals surface area contributed by atoms with Crippen molar-refractivity contribution < 1.29 is 94.2 Å². The molecule has 0 radical (unpaired) electrons. The Kier molecular flexibility index (Phi) is 16.4. The lowest BCUT2D eigenvalue weighted by atomic mass is 9.93. The molecular weight excluding hydrogens is 771 g/mol. The summed E-state index contributed by atoms with van der Waals surface area (Å²) in [7, 11) is 0. The summed E-state index contributed by atoms with van der Waals surface area (Å²) < 4.78 is 90.2. The van der Waals surface area contributed by atoms with E-state index in [1.54, 1.807) is 0 Å². The maximum absolute atomic E-state index is 13.7. The van der Waals surface area contributed by atoms with Gasteiger partial charge in [0.1, 0.15) is 49.2 Å². The van der Waals surface area contributed by atoms with Crippen LogP contribution in [0.4, 0.5) is 18.0 Å². The van der Waals surface area contributed by atoms with Gasteiger partial charge in [-0.2, -0.15) is 13.2 Å². The number of hydrogen-bond acceptors (Lipinski definition) is 18. The third kappa shape index (κ3) is 13.5. The second-order valence-electron chi connectivity index (χ2n) is 13.1. The highest BCUT2D eigenvalue weighted by atomic mass is 19.4. The Morgan fingerprint density at radius 2 is 1.21 bits per heavy atom. The fourth-order valence-electron chi connectivity index (χ4n) is 5.48. The van der Waals surface area contributed by atoms with E-state index in [4.69, 9.17) is 42.6 Å². The lowest BCUT2D eigenvalue weighted by Crippen LogP contribution is -2.71. The molecule has 56 heavy (non-hydrogen) atoms. The van der Waals surface area contributed by atoms with Crippen LogP contribution in [0.3, 0.4) is 0 Å². The first-order valence-electron chi connectivity index (χ1n) is 16.5. The van der Waals surface area contributed by atoms with Gasteiger partial charge in [-0.3, -0.25) is 33.6 Å². The van der Waals surface area contributed by atoms with E-state index in [2.05, 4.69) is 10.0 Å². The molecule has 2 aliphatic heterocycles. The number of amides is 3. The van der Waals surface area contributed by atoms with Crippen LogP contribution in [0.1, 0.15) is 62.3 Å². The number of halogens is 3. The Morgan fingerprint density at radius 3 is 1.64 bits per heavy atom. The molecule has 0 aromatic rings. The summed E-state index contributed by atoms with van der Waals surface area (Å²) in [5.74, 6) is -8.97. The largest absolute Gasteiger partial charge is 0.471 e. The number of nitrogens with one attached hydrogen (secondary N) is 1. The quantitative estimate of drug-likeness (QED) is 0.0954. The number of imide groups is 1. The zero-order chi connectivity index (χ0) is 42.9. The molecule has 22 nitrogen and oxygen atoms in total. The van der Waals surface area contributed by atoms with Crippen molar-refractivity contribution in [1.82, 2.24) is 10.2 Å². The summed E-state index contributed by atoms with van der Waals surface area (Å²) >= 11 is 0. The molecule has 2 rings (SSSR count). The lowest BCUT2D eigenvalue weighted by Gasteiger charge is -2.50. The molecule has 0 aromatic carbocycles. The zero-order valence-electron chi connectivity index (χ0n) is 31.6. The maximum atomic E-state index is 13.7. The number of azide groups is 1. The lowest BCUT2D eigenvalue weighted by molar-refractivity contribution is -0.325. The molecule has 10 atom stereocenters. The van der Waals surface area contributed by atoms with Gasteiger partial charge in [0, 0.05) is 46.5 Å². The predicted molar refractivity (Wildman–Crippen MR) is 172 cm³/mol. The van der Waals surface area contributed by atoms with Gasteiger partial charge in [-0.05, 0) is 26.3 Å². The summed E-state index contributed by atoms with van der Waals surface area (Å²) in [6, 6.07) is -4.32. The number of nitrogens with zero attached hydrogens (tertiary/aromatic N) is 4. The highest BCUT2D eigenvalue weighted by Crippen LogP contribution is 2.36. The van der Waals surface area contributed by atoms with Crippen LogP contribution in [0, 0.1) is 0 Å². The smallest absolute Gasteiger partial charge is 0.463 e. The average Bonchev–Trinajstić information content (AvgIpc) is 3.02. The Hall–Kier alpha value is -5.26. The molecule has 2 aliphatic rings. The van der Waals surface area contributed by atoms with Gasteiger partial charge in [0.05, 0.1) is 0 Å². The van der Waals surface area contributed by atoms with Crippen molar-refractivity contribution >= 4 is 47.8 Å². The van der Waals surface area contributed by atoms with Crippen molar-refractivity contribution in [1.29, 1.82) is 0 Å². The normalized spacial score (nSPS) is 27.6. The van der Waals surface area contributed by atoms with Crippen LogP contribution < -0.4 is 5.32 Å². The van der Waals surface area contributed by atoms with Gasteiger partial charge >= 0.3 is 48.0 Å². The first kappa shape index (κ1) is 46.9. The number of carbonyl (C=O) groups is 8. The fourth-order valence-corrected chi connectivity index (χ4v) is 5.48. The van der Waals surface area contributed by atoms with E-state index in [0.717, 1.165) is 41.5 Å². The third-order valence-electron chi connectivity index (χ3n) is 7.33. The molecule has 0 aromatic heterocycles. The first-order valence-corrected chi connectivity index (χ1v) is 16.5. The van der Waals surface area contributed by atoms with E-state index in [1.165, 1.54) is 26.1 Å². The minimum atomic E-state index is -5.56. The Bertz CT molecular complexity index is 1570. The number of hydrogen-bond donors (Lipinski definition) is 1. The van der Waals surface area contributed by atoms with Crippen molar-refractivity contribution in [2.75, 3.05) is 13.2 Å². The Balaban J connectivity index is 3.01. The molecule has 1 N–H and O–H groups in total. The average molecular weight is 814 g/mol. The standard InChI is InChI=1S/C31H42F3N5O17/c1-12(40)39(29(47)56-30(7,8)9)21-25(52-17(6)45)23(50-15(4)43)19(11-49-14(3)42)54-27(21)55-22-18(10-48-13(2)41)53-26(37-38-35)20(24(22)51-16(5)44)36-28(46)31(32,33)34/h18-27H,10-11H2,1-9H3,(H,36,46)/t18-,19-,20-,21-,22-,23-,24-,25-,26+,27+/m1/s1. The Morgan fingerprint density at radius 1 is 0.732 bits per heavy atom. The summed E-state index contributed by atoms with van der Waals surface area (Å²) in [6.07, 6.45) is -22.9. The minimum Gasteiger partial charge on any atom is -0.463 e. The van der Waals surface area contributed by atoms with Crippen molar-refractivity contribution in [2.24, 2.45) is 5.11 Å². The van der Waals surface area contributed by atoms with Crippen LogP contribution in [0.5, 0.6) is 0 Å². The third-order valence-corrected chi connectivity index (χ3v) is 7.33. The van der Waals surface area contributed by atoms with Gasteiger partial charge in [-0.1, -0.05) is 5.11 Å². The molecule has 25 heteroatoms. The van der Waals surface area contributed by atoms with Crippen LogP contribution >= 0.6 is 0 Å². The molecule has 0 unspecified atom stereocenters. The summed E-state index contributed by atoms with van der Waals surface area (Å²) in [6.45, 7) is 8.02. The minimum absolute atomic E-state index is 0.347. The van der Waals surface area contributed by atoms with Crippen molar-refractivity contribution in [2.45, 2.75) is 135 Å². The number of carbonyl (C=O) groups excluding carboxylic acids is 8. The molecule has 2 fully saturated rings. The number of alkyl halides is 3. The molecule has 3 amide bonds. The summed E-state index contributed by atoms with van der Waals surface area (Å²) in [4.78, 5) is 103. The molecular formula is C31H42F3N5O17. The number of ether oxygens (including phenoxy) is 9. The number of esters is 5. The van der Waals surface area contributed by atoms with Crippen molar-refractivity contribution in [3.63, 3.8) is 0 Å². The molecule has 2 heterocycles. The first-order chi connectivity index (χ1) is 25.8. The van der Waals surface area contributed by atoms with Crippen molar-refractivity contribution in [3.05, 3.63) is 10.4 Å². The van der Waals surface area contributed by atoms with E-state index >= 15 is 0 Å². The summed E-state index contributed by atoms with van der Waals surface area (Å²) in [5.41, 5.74) is 7.92. The van der Waals surface area contributed by atoms with Gasteiger partial charge in [0.2, 0.25) is 5.91 Å². The maximum Gasteiger partial charge on any atom is 0.471 e. The fraction of sp³-hybridized carbons (Fsp3) is 0.742. The second kappa shape index (κ2) is 19.6. The van der Waals surface area contributed by atoms with Crippen LogP contribution in [-0.4, -0.2) is 139 Å². The molecule has 2 saturated heterocycles. The highest BCUT2D eigenvalue weighted by Gasteiger charge is 2.59. The topological polar surface area (TPSA) is 284 Å². The Labute approximate surface area is 316 Å². The van der Waals surface area contributed by atoms with Gasteiger partial charge in [-0.25, -0.2) is 9.69 Å². The van der Waals surface area contributed by atoms with Gasteiger partial charge < -0.3 is 47.9 Å². The predicted octanol–water partition coefficient (Wildman–Crippen LogP) is 1.25. The van der Waals surface area contributed by atoms with E-state index < -0.39 is 134 Å². The van der Waals surface area contributed by atoms with E-state index in [-0.39, 0.29) is 0 Å². The molecule has 0 saturated carbocycles. The monoisotopic (exact) mass is 813 g/mol. The van der Waals surface area contributed by atoms with Crippen molar-refractivity contribution in [3.8, 4) is 0 Å². The molecule has 0 aliphatic carbocycles. The van der Waals surface area contributed by atoms with E-state index in [9.17, 15) is 57.1 Å². The van der Waals surface area contributed by atoms with Crippen LogP contribution in [-0.2, 0) is 76.2 Å². The summed E-state index contributed by atoms with van der Waals surface area (Å²) in [5, 5.41) is 4.78. The van der Waals surface area contributed by atoms with Gasteiger partial charge in [0.15, 0.2) is 30.8 Å². The zero-order valence-corrected chi connectivity index (χ0v) is 31.6. The van der Waals surface area contributed by atoms with E-state index in [1.807, 2.05) is 0 Å². The van der Waals surface area contributed by atoms with Crippen LogP contribution in [0.15, 0.2) is 5.11 Å². The van der Waals surface area contributed by atoms with Gasteiger partial charge in [-0.15, -0.1) is 0 Å². The highest BCUT2D eigenvalue weighted by molar-refractivity contribution is 5.91. The molecule has 314 valence electrons. The SMILES string of the molecule is CC(=O)OC[C@H]1O[C@H](N=[N+]=[N-])[C@H](NC(=O)C(F)(F)F)[C@@H](OC(C)=O)[C@@H]1O[C@@H]1O[C@H](COC(C)=O)[C@@H](OC(C)=O)[C@H](OC(C)=O)[C@H]1N(C(C)=O)C(=O)OC(C)(C)C. The molecule has 0 spiro atoms. The van der Waals surface area contributed by atoms with E-state index in [0.29, 0.717) is 4.90 Å². The second-order valence-corrected chi connectivity index (χ2v) is 13.1. The van der Waals surface area contributed by atoms with Crippen LogP contribution in [0.25, 0.3) is 10.4 Å².